The number of aromatic nitrogens is 1. The summed E-state index contributed by atoms with van der Waals surface area (Å²) >= 11 is 1.73. The van der Waals surface area contributed by atoms with Gasteiger partial charge in [-0.05, 0) is 47.7 Å². The Hall–Kier alpha value is -1.35. The van der Waals surface area contributed by atoms with Gasteiger partial charge in [0.25, 0.3) is 0 Å². The van der Waals surface area contributed by atoms with Crippen LogP contribution in [0.4, 0.5) is 0 Å². The van der Waals surface area contributed by atoms with Gasteiger partial charge in [0.15, 0.2) is 5.96 Å². The van der Waals surface area contributed by atoms with Crippen LogP contribution in [0.1, 0.15) is 37.8 Å². The third-order valence-corrected chi connectivity index (χ3v) is 4.23. The van der Waals surface area contributed by atoms with Crippen LogP contribution in [0.5, 0.6) is 5.88 Å². The number of rotatable bonds is 7. The molecule has 0 fully saturated rings. The van der Waals surface area contributed by atoms with Gasteiger partial charge in [0, 0.05) is 32.4 Å². The number of pyridine rings is 1. The molecule has 0 bridgehead atoms. The van der Waals surface area contributed by atoms with Crippen LogP contribution in [-0.2, 0) is 6.54 Å². The van der Waals surface area contributed by atoms with Crippen LogP contribution < -0.4 is 15.4 Å². The van der Waals surface area contributed by atoms with E-state index in [1.807, 2.05) is 32.2 Å². The molecule has 5 nitrogen and oxygen atoms in total. The third kappa shape index (κ3) is 7.60. The van der Waals surface area contributed by atoms with Crippen LogP contribution in [0.25, 0.3) is 0 Å². The van der Waals surface area contributed by atoms with Crippen molar-refractivity contribution >= 4 is 41.3 Å². The SMILES string of the molecule is CN=C(NCc1ccc(OC(C)C)nc1)NCC(C)c1ccsc1.I. The van der Waals surface area contributed by atoms with Gasteiger partial charge < -0.3 is 15.4 Å². The van der Waals surface area contributed by atoms with Gasteiger partial charge in [-0.1, -0.05) is 13.0 Å². The first kappa shape index (κ1) is 21.7. The second-order valence-corrected chi connectivity index (χ2v) is 6.72. The quantitative estimate of drug-likeness (QED) is 0.362. The monoisotopic (exact) mass is 474 g/mol. The fraction of sp³-hybridized carbons (Fsp3) is 0.444. The summed E-state index contributed by atoms with van der Waals surface area (Å²) in [7, 11) is 1.78. The lowest BCUT2D eigenvalue weighted by atomic mass is 10.1. The molecule has 0 amide bonds. The highest BCUT2D eigenvalue weighted by atomic mass is 127. The van der Waals surface area contributed by atoms with Gasteiger partial charge in [-0.15, -0.1) is 24.0 Å². The second-order valence-electron chi connectivity index (χ2n) is 5.94. The maximum absolute atomic E-state index is 5.55. The highest BCUT2D eigenvalue weighted by Crippen LogP contribution is 2.17. The number of guanidine groups is 1. The molecule has 138 valence electrons. The summed E-state index contributed by atoms with van der Waals surface area (Å²) in [5.74, 6) is 1.89. The Labute approximate surface area is 171 Å². The van der Waals surface area contributed by atoms with Crippen LogP contribution in [-0.4, -0.2) is 30.6 Å². The molecule has 7 heteroatoms. The van der Waals surface area contributed by atoms with E-state index in [9.17, 15) is 0 Å². The first-order valence-corrected chi connectivity index (χ1v) is 9.11. The van der Waals surface area contributed by atoms with Gasteiger partial charge >= 0.3 is 0 Å². The molecule has 1 unspecified atom stereocenters. The highest BCUT2D eigenvalue weighted by Gasteiger charge is 2.07. The summed E-state index contributed by atoms with van der Waals surface area (Å²) in [6.45, 7) is 7.70. The number of hydrogen-bond donors (Lipinski definition) is 2. The topological polar surface area (TPSA) is 58.5 Å². The molecule has 0 aliphatic rings. The molecule has 25 heavy (non-hydrogen) atoms. The molecule has 1 atom stereocenters. The van der Waals surface area contributed by atoms with Crippen molar-refractivity contribution in [1.29, 1.82) is 0 Å². The Kier molecular flexibility index (Phi) is 9.81. The molecular formula is C18H27IN4OS. The van der Waals surface area contributed by atoms with Crippen molar-refractivity contribution in [2.24, 2.45) is 4.99 Å². The van der Waals surface area contributed by atoms with E-state index in [1.165, 1.54) is 5.56 Å². The smallest absolute Gasteiger partial charge is 0.213 e. The summed E-state index contributed by atoms with van der Waals surface area (Å²) in [6, 6.07) is 6.07. The minimum absolute atomic E-state index is 0. The van der Waals surface area contributed by atoms with E-state index in [-0.39, 0.29) is 30.1 Å². The predicted octanol–water partition coefficient (Wildman–Crippen LogP) is 4.02. The Balaban J connectivity index is 0.00000312. The Bertz CT molecular complexity index is 629. The van der Waals surface area contributed by atoms with Crippen LogP contribution in [0.2, 0.25) is 0 Å². The average Bonchev–Trinajstić information content (AvgIpc) is 3.10. The number of nitrogens with zero attached hydrogens (tertiary/aromatic N) is 2. The maximum atomic E-state index is 5.55. The summed E-state index contributed by atoms with van der Waals surface area (Å²) in [5, 5.41) is 11.0. The minimum Gasteiger partial charge on any atom is -0.475 e. The minimum atomic E-state index is 0. The van der Waals surface area contributed by atoms with Crippen molar-refractivity contribution in [3.63, 3.8) is 0 Å². The number of thiophene rings is 1. The zero-order chi connectivity index (χ0) is 17.4. The molecule has 2 N–H and O–H groups in total. The molecule has 0 aromatic carbocycles. The van der Waals surface area contributed by atoms with Crippen LogP contribution >= 0.6 is 35.3 Å². The fourth-order valence-corrected chi connectivity index (χ4v) is 2.94. The van der Waals surface area contributed by atoms with Crippen LogP contribution in [0.3, 0.4) is 0 Å². The van der Waals surface area contributed by atoms with E-state index in [4.69, 9.17) is 4.74 Å². The molecule has 0 aliphatic heterocycles. The van der Waals surface area contributed by atoms with Crippen molar-refractivity contribution < 1.29 is 4.74 Å². The second kappa shape index (κ2) is 11.3. The summed E-state index contributed by atoms with van der Waals surface area (Å²) < 4.78 is 5.55. The first-order chi connectivity index (χ1) is 11.6. The van der Waals surface area contributed by atoms with Crippen molar-refractivity contribution in [2.45, 2.75) is 39.3 Å². The lowest BCUT2D eigenvalue weighted by Crippen LogP contribution is -2.38. The van der Waals surface area contributed by atoms with E-state index in [2.05, 4.69) is 44.4 Å². The molecule has 0 saturated heterocycles. The lowest BCUT2D eigenvalue weighted by molar-refractivity contribution is 0.232. The van der Waals surface area contributed by atoms with E-state index in [0.717, 1.165) is 18.1 Å². The van der Waals surface area contributed by atoms with Crippen molar-refractivity contribution in [3.05, 3.63) is 46.3 Å². The van der Waals surface area contributed by atoms with Crippen molar-refractivity contribution in [2.75, 3.05) is 13.6 Å². The van der Waals surface area contributed by atoms with Crippen molar-refractivity contribution in [3.8, 4) is 5.88 Å². The number of aliphatic imine (C=N–C) groups is 1. The number of halogens is 1. The van der Waals surface area contributed by atoms with Gasteiger partial charge in [-0.2, -0.15) is 11.3 Å². The summed E-state index contributed by atoms with van der Waals surface area (Å²) in [4.78, 5) is 8.57. The van der Waals surface area contributed by atoms with Gasteiger partial charge in [-0.3, -0.25) is 4.99 Å². The maximum Gasteiger partial charge on any atom is 0.213 e. The molecule has 2 rings (SSSR count). The van der Waals surface area contributed by atoms with E-state index < -0.39 is 0 Å². The first-order valence-electron chi connectivity index (χ1n) is 8.16. The van der Waals surface area contributed by atoms with Crippen LogP contribution in [0.15, 0.2) is 40.1 Å². The zero-order valence-corrected chi connectivity index (χ0v) is 18.3. The standard InChI is InChI=1S/C18H26N4OS.HI/c1-13(2)23-17-6-5-15(10-20-17)11-22-18(19-4)21-9-14(3)16-7-8-24-12-16;/h5-8,10,12-14H,9,11H2,1-4H3,(H2,19,21,22);1H. The number of nitrogens with one attached hydrogen (secondary N) is 2. The van der Waals surface area contributed by atoms with Gasteiger partial charge in [0.05, 0.1) is 6.10 Å². The molecule has 0 spiro atoms. The molecule has 2 heterocycles. The molecule has 2 aromatic rings. The number of ether oxygens (including phenoxy) is 1. The molecule has 2 aromatic heterocycles. The normalized spacial score (nSPS) is 12.4. The van der Waals surface area contributed by atoms with Gasteiger partial charge in [0.1, 0.15) is 0 Å². The molecule has 0 aliphatic carbocycles. The third-order valence-electron chi connectivity index (χ3n) is 3.53. The van der Waals surface area contributed by atoms with Crippen LogP contribution in [0, 0.1) is 0 Å². The number of hydrogen-bond acceptors (Lipinski definition) is 4. The molecular weight excluding hydrogens is 447 g/mol. The lowest BCUT2D eigenvalue weighted by Gasteiger charge is -2.15. The Morgan fingerprint density at radius 3 is 2.60 bits per heavy atom. The highest BCUT2D eigenvalue weighted by molar-refractivity contribution is 14.0. The predicted molar refractivity (Wildman–Crippen MR) is 116 cm³/mol. The summed E-state index contributed by atoms with van der Waals surface area (Å²) in [6.07, 6.45) is 1.96. The van der Waals surface area contributed by atoms with Gasteiger partial charge in [0.2, 0.25) is 5.88 Å². The van der Waals surface area contributed by atoms with E-state index >= 15 is 0 Å². The van der Waals surface area contributed by atoms with Gasteiger partial charge in [-0.25, -0.2) is 4.98 Å². The Morgan fingerprint density at radius 2 is 2.04 bits per heavy atom. The largest absolute Gasteiger partial charge is 0.475 e. The Morgan fingerprint density at radius 1 is 1.24 bits per heavy atom. The average molecular weight is 474 g/mol. The van der Waals surface area contributed by atoms with Crippen molar-refractivity contribution in [1.82, 2.24) is 15.6 Å². The molecule has 0 saturated carbocycles. The van der Waals surface area contributed by atoms with E-state index in [0.29, 0.717) is 18.3 Å². The molecule has 0 radical (unpaired) electrons. The fourth-order valence-electron chi connectivity index (χ4n) is 2.16. The zero-order valence-electron chi connectivity index (χ0n) is 15.2. The summed E-state index contributed by atoms with van der Waals surface area (Å²) in [5.41, 5.74) is 2.44. The van der Waals surface area contributed by atoms with E-state index in [1.54, 1.807) is 18.4 Å².